The van der Waals surface area contributed by atoms with Crippen LogP contribution in [0.3, 0.4) is 0 Å². The highest BCUT2D eigenvalue weighted by molar-refractivity contribution is 5.89. The van der Waals surface area contributed by atoms with Crippen LogP contribution < -0.4 is 5.32 Å². The Kier molecular flexibility index (Phi) is 5.07. The summed E-state index contributed by atoms with van der Waals surface area (Å²) in [5.41, 5.74) is 1.21. The SMILES string of the molecule is O=C(NCc1ccccc1F)C1CC(=O)N(Cc2ccc(F)cc2)C1. The number of carbonyl (C=O) groups is 2. The maximum absolute atomic E-state index is 13.6. The van der Waals surface area contributed by atoms with E-state index < -0.39 is 5.92 Å². The van der Waals surface area contributed by atoms with E-state index in [9.17, 15) is 18.4 Å². The van der Waals surface area contributed by atoms with Crippen molar-refractivity contribution < 1.29 is 18.4 Å². The molecule has 130 valence electrons. The van der Waals surface area contributed by atoms with Crippen LogP contribution in [0.15, 0.2) is 48.5 Å². The molecule has 6 heteroatoms. The molecule has 1 aliphatic heterocycles. The molecule has 0 spiro atoms. The van der Waals surface area contributed by atoms with Gasteiger partial charge in [-0.1, -0.05) is 30.3 Å². The summed E-state index contributed by atoms with van der Waals surface area (Å²) in [6, 6.07) is 12.2. The predicted octanol–water partition coefficient (Wildman–Crippen LogP) is 2.63. The average Bonchev–Trinajstić information content (AvgIpc) is 2.97. The van der Waals surface area contributed by atoms with Gasteiger partial charge in [-0.2, -0.15) is 0 Å². The second-order valence-electron chi connectivity index (χ2n) is 6.11. The third kappa shape index (κ3) is 4.21. The van der Waals surface area contributed by atoms with Crippen molar-refractivity contribution in [3.05, 3.63) is 71.3 Å². The van der Waals surface area contributed by atoms with Gasteiger partial charge in [0, 0.05) is 31.6 Å². The number of rotatable bonds is 5. The number of nitrogens with one attached hydrogen (secondary N) is 1. The summed E-state index contributed by atoms with van der Waals surface area (Å²) < 4.78 is 26.5. The summed E-state index contributed by atoms with van der Waals surface area (Å²) in [7, 11) is 0. The molecular formula is C19H18F2N2O2. The summed E-state index contributed by atoms with van der Waals surface area (Å²) in [6.45, 7) is 0.740. The topological polar surface area (TPSA) is 49.4 Å². The van der Waals surface area contributed by atoms with Crippen molar-refractivity contribution in [1.82, 2.24) is 10.2 Å². The van der Waals surface area contributed by atoms with Crippen LogP contribution in [0.4, 0.5) is 8.78 Å². The lowest BCUT2D eigenvalue weighted by Crippen LogP contribution is -2.32. The van der Waals surface area contributed by atoms with Gasteiger partial charge >= 0.3 is 0 Å². The van der Waals surface area contributed by atoms with E-state index >= 15 is 0 Å². The number of hydrogen-bond donors (Lipinski definition) is 1. The Labute approximate surface area is 144 Å². The van der Waals surface area contributed by atoms with Gasteiger partial charge in [-0.05, 0) is 23.8 Å². The average molecular weight is 344 g/mol. The zero-order valence-corrected chi connectivity index (χ0v) is 13.5. The molecule has 0 aromatic heterocycles. The molecule has 0 saturated carbocycles. The van der Waals surface area contributed by atoms with E-state index in [4.69, 9.17) is 0 Å². The molecule has 1 fully saturated rings. The van der Waals surface area contributed by atoms with Crippen LogP contribution in [0.5, 0.6) is 0 Å². The normalized spacial score (nSPS) is 17.0. The number of halogens is 2. The number of hydrogen-bond acceptors (Lipinski definition) is 2. The zero-order valence-electron chi connectivity index (χ0n) is 13.5. The van der Waals surface area contributed by atoms with E-state index in [-0.39, 0.29) is 36.4 Å². The van der Waals surface area contributed by atoms with Gasteiger partial charge in [0.1, 0.15) is 11.6 Å². The van der Waals surface area contributed by atoms with E-state index in [1.54, 1.807) is 35.2 Å². The van der Waals surface area contributed by atoms with E-state index in [0.717, 1.165) is 5.56 Å². The maximum atomic E-state index is 13.6. The minimum absolute atomic E-state index is 0.0914. The fraction of sp³-hybridized carbons (Fsp3) is 0.263. The molecule has 1 heterocycles. The monoisotopic (exact) mass is 344 g/mol. The van der Waals surface area contributed by atoms with Crippen LogP contribution in [0.2, 0.25) is 0 Å². The molecule has 0 bridgehead atoms. The molecule has 2 aromatic carbocycles. The first-order chi connectivity index (χ1) is 12.0. The maximum Gasteiger partial charge on any atom is 0.225 e. The second kappa shape index (κ2) is 7.42. The standard InChI is InChI=1S/C19H18F2N2O2/c20-16-7-5-13(6-8-16)11-23-12-15(9-18(23)24)19(25)22-10-14-3-1-2-4-17(14)21/h1-8,15H,9-12H2,(H,22,25). The van der Waals surface area contributed by atoms with E-state index in [0.29, 0.717) is 18.7 Å². The number of carbonyl (C=O) groups excluding carboxylic acids is 2. The Hall–Kier alpha value is -2.76. The van der Waals surface area contributed by atoms with Gasteiger partial charge in [0.15, 0.2) is 0 Å². The van der Waals surface area contributed by atoms with Crippen LogP contribution >= 0.6 is 0 Å². The fourth-order valence-electron chi connectivity index (χ4n) is 2.88. The Morgan fingerprint density at radius 3 is 2.56 bits per heavy atom. The summed E-state index contributed by atoms with van der Waals surface area (Å²) in [4.78, 5) is 25.9. The molecule has 1 saturated heterocycles. The molecule has 25 heavy (non-hydrogen) atoms. The van der Waals surface area contributed by atoms with Crippen LogP contribution in [-0.4, -0.2) is 23.3 Å². The number of likely N-dealkylation sites (tertiary alicyclic amines) is 1. The first-order valence-electron chi connectivity index (χ1n) is 8.06. The number of nitrogens with zero attached hydrogens (tertiary/aromatic N) is 1. The summed E-state index contributed by atoms with van der Waals surface area (Å²) in [5, 5.41) is 2.69. The Morgan fingerprint density at radius 2 is 1.84 bits per heavy atom. The number of benzene rings is 2. The van der Waals surface area contributed by atoms with Crippen LogP contribution in [-0.2, 0) is 22.7 Å². The molecule has 1 aliphatic rings. The van der Waals surface area contributed by atoms with Gasteiger partial charge in [-0.3, -0.25) is 9.59 Å². The smallest absolute Gasteiger partial charge is 0.225 e. The lowest BCUT2D eigenvalue weighted by molar-refractivity contribution is -0.129. The third-order valence-corrected chi connectivity index (χ3v) is 4.28. The molecular weight excluding hydrogens is 326 g/mol. The van der Waals surface area contributed by atoms with Gasteiger partial charge < -0.3 is 10.2 Å². The molecule has 1 atom stereocenters. The highest BCUT2D eigenvalue weighted by Gasteiger charge is 2.34. The summed E-state index contributed by atoms with van der Waals surface area (Å²) in [5.74, 6) is -1.54. The van der Waals surface area contributed by atoms with Crippen LogP contribution in [0, 0.1) is 17.6 Å². The first-order valence-corrected chi connectivity index (χ1v) is 8.06. The molecule has 2 aromatic rings. The van der Waals surface area contributed by atoms with Crippen molar-refractivity contribution in [1.29, 1.82) is 0 Å². The molecule has 1 N–H and O–H groups in total. The van der Waals surface area contributed by atoms with Gasteiger partial charge in [0.05, 0.1) is 5.92 Å². The van der Waals surface area contributed by atoms with E-state index in [1.165, 1.54) is 18.2 Å². The van der Waals surface area contributed by atoms with Gasteiger partial charge in [0.25, 0.3) is 0 Å². The molecule has 2 amide bonds. The quantitative estimate of drug-likeness (QED) is 0.906. The zero-order chi connectivity index (χ0) is 17.8. The van der Waals surface area contributed by atoms with Crippen molar-refractivity contribution in [2.45, 2.75) is 19.5 Å². The van der Waals surface area contributed by atoms with Gasteiger partial charge in [-0.15, -0.1) is 0 Å². The van der Waals surface area contributed by atoms with Crippen LogP contribution in [0.25, 0.3) is 0 Å². The highest BCUT2D eigenvalue weighted by atomic mass is 19.1. The van der Waals surface area contributed by atoms with Crippen LogP contribution in [0.1, 0.15) is 17.5 Å². The Balaban J connectivity index is 1.55. The van der Waals surface area contributed by atoms with E-state index in [2.05, 4.69) is 5.32 Å². The van der Waals surface area contributed by atoms with Crippen molar-refractivity contribution in [3.63, 3.8) is 0 Å². The Bertz CT molecular complexity index is 777. The third-order valence-electron chi connectivity index (χ3n) is 4.28. The second-order valence-corrected chi connectivity index (χ2v) is 6.11. The van der Waals surface area contributed by atoms with Gasteiger partial charge in [-0.25, -0.2) is 8.78 Å². The lowest BCUT2D eigenvalue weighted by atomic mass is 10.1. The van der Waals surface area contributed by atoms with Gasteiger partial charge in [0.2, 0.25) is 11.8 Å². The molecule has 0 radical (unpaired) electrons. The van der Waals surface area contributed by atoms with Crippen molar-refractivity contribution in [2.75, 3.05) is 6.54 Å². The highest BCUT2D eigenvalue weighted by Crippen LogP contribution is 2.21. The minimum Gasteiger partial charge on any atom is -0.352 e. The lowest BCUT2D eigenvalue weighted by Gasteiger charge is -2.16. The Morgan fingerprint density at radius 1 is 1.12 bits per heavy atom. The fourth-order valence-corrected chi connectivity index (χ4v) is 2.88. The molecule has 4 nitrogen and oxygen atoms in total. The van der Waals surface area contributed by atoms with Crippen molar-refractivity contribution >= 4 is 11.8 Å². The predicted molar refractivity (Wildman–Crippen MR) is 88.2 cm³/mol. The number of amides is 2. The largest absolute Gasteiger partial charge is 0.352 e. The molecule has 0 aliphatic carbocycles. The minimum atomic E-state index is -0.459. The molecule has 1 unspecified atom stereocenters. The van der Waals surface area contributed by atoms with E-state index in [1.807, 2.05) is 0 Å². The van der Waals surface area contributed by atoms with Crippen molar-refractivity contribution in [2.24, 2.45) is 5.92 Å². The molecule has 3 rings (SSSR count). The van der Waals surface area contributed by atoms with Crippen molar-refractivity contribution in [3.8, 4) is 0 Å². The summed E-state index contributed by atoms with van der Waals surface area (Å²) in [6.07, 6.45) is 0.129. The first kappa shape index (κ1) is 17.1. The summed E-state index contributed by atoms with van der Waals surface area (Å²) >= 11 is 0.